The first-order valence-corrected chi connectivity index (χ1v) is 11.2. The molecule has 7 heteroatoms. The normalized spacial score (nSPS) is 11.0. The van der Waals surface area contributed by atoms with Crippen LogP contribution in [-0.2, 0) is 22.3 Å². The van der Waals surface area contributed by atoms with Gasteiger partial charge in [0.1, 0.15) is 0 Å². The smallest absolute Gasteiger partial charge is 0.253 e. The molecule has 0 bridgehead atoms. The van der Waals surface area contributed by atoms with Gasteiger partial charge in [-0.05, 0) is 29.3 Å². The lowest BCUT2D eigenvalue weighted by atomic mass is 10.1. The number of rotatable bonds is 8. The number of nitrogens with one attached hydrogen (secondary N) is 2. The Labute approximate surface area is 177 Å². The zero-order valence-corrected chi connectivity index (χ0v) is 17.8. The Morgan fingerprint density at radius 2 is 1.47 bits per heavy atom. The molecule has 0 heterocycles. The Bertz CT molecular complexity index is 1100. The van der Waals surface area contributed by atoms with Crippen molar-refractivity contribution in [2.45, 2.75) is 12.3 Å². The Morgan fingerprint density at radius 1 is 0.867 bits per heavy atom. The monoisotopic (exact) mass is 423 g/mol. The number of anilines is 2. The number of benzene rings is 3. The molecule has 0 unspecified atom stereocenters. The number of sulfonamides is 1. The number of nitrogens with zero attached hydrogens (tertiary/aromatic N) is 1. The fourth-order valence-electron chi connectivity index (χ4n) is 3.05. The van der Waals surface area contributed by atoms with Gasteiger partial charge in [0.2, 0.25) is 10.0 Å². The molecule has 6 nitrogen and oxygen atoms in total. The van der Waals surface area contributed by atoms with Crippen molar-refractivity contribution in [2.75, 3.05) is 23.7 Å². The quantitative estimate of drug-likeness (QED) is 0.580. The minimum atomic E-state index is -3.61. The molecule has 0 atom stereocenters. The average molecular weight is 424 g/mol. The van der Waals surface area contributed by atoms with Crippen molar-refractivity contribution in [3.05, 3.63) is 95.6 Å². The molecule has 30 heavy (non-hydrogen) atoms. The highest BCUT2D eigenvalue weighted by molar-refractivity contribution is 7.91. The van der Waals surface area contributed by atoms with E-state index >= 15 is 0 Å². The molecule has 0 aliphatic heterocycles. The Hall–Kier alpha value is -3.32. The first-order valence-electron chi connectivity index (χ1n) is 9.52. The summed E-state index contributed by atoms with van der Waals surface area (Å²) >= 11 is 0. The van der Waals surface area contributed by atoms with E-state index in [0.29, 0.717) is 29.0 Å². The van der Waals surface area contributed by atoms with Crippen LogP contribution >= 0.6 is 0 Å². The summed E-state index contributed by atoms with van der Waals surface area (Å²) in [6.07, 6.45) is 0. The van der Waals surface area contributed by atoms with Crippen molar-refractivity contribution in [3.8, 4) is 0 Å². The van der Waals surface area contributed by atoms with Crippen molar-refractivity contribution in [1.82, 2.24) is 5.32 Å². The van der Waals surface area contributed by atoms with Crippen molar-refractivity contribution in [2.24, 2.45) is 0 Å². The van der Waals surface area contributed by atoms with Gasteiger partial charge < -0.3 is 10.2 Å². The van der Waals surface area contributed by atoms with E-state index in [4.69, 9.17) is 0 Å². The molecule has 0 spiro atoms. The standard InChI is InChI=1S/C23H25N3O3S/c1-26(2)22-14-13-20(25-30(28,29)17-19-11-7-4-8-12-19)15-21(22)23(27)24-16-18-9-5-3-6-10-18/h3-15,25H,16-17H2,1-2H3,(H,24,27). The molecule has 3 aromatic carbocycles. The van der Waals surface area contributed by atoms with Crippen molar-refractivity contribution >= 4 is 27.3 Å². The second kappa shape index (κ2) is 9.45. The molecule has 3 aromatic rings. The van der Waals surface area contributed by atoms with Crippen LogP contribution in [0.4, 0.5) is 11.4 Å². The van der Waals surface area contributed by atoms with Gasteiger partial charge in [0, 0.05) is 32.0 Å². The predicted octanol–water partition coefficient (Wildman–Crippen LogP) is 3.62. The van der Waals surface area contributed by atoms with Crippen molar-refractivity contribution in [1.29, 1.82) is 0 Å². The first kappa shape index (κ1) is 21.4. The minimum absolute atomic E-state index is 0.140. The molecule has 1 amide bonds. The summed E-state index contributed by atoms with van der Waals surface area (Å²) in [7, 11) is 0.0579. The van der Waals surface area contributed by atoms with Crippen LogP contribution in [0.15, 0.2) is 78.9 Å². The number of carbonyl (C=O) groups is 1. The summed E-state index contributed by atoms with van der Waals surface area (Å²) in [6.45, 7) is 0.385. The summed E-state index contributed by atoms with van der Waals surface area (Å²) < 4.78 is 27.7. The van der Waals surface area contributed by atoms with Crippen LogP contribution in [0, 0.1) is 0 Å². The third kappa shape index (κ3) is 5.84. The molecule has 2 N–H and O–H groups in total. The molecule has 0 saturated heterocycles. The molecule has 0 aliphatic carbocycles. The Kier molecular flexibility index (Phi) is 6.74. The van der Waals surface area contributed by atoms with Crippen LogP contribution in [-0.4, -0.2) is 28.4 Å². The van der Waals surface area contributed by atoms with E-state index in [1.807, 2.05) is 55.4 Å². The van der Waals surface area contributed by atoms with Gasteiger partial charge in [-0.25, -0.2) is 8.42 Å². The molecular formula is C23H25N3O3S. The third-order valence-corrected chi connectivity index (χ3v) is 5.75. The summed E-state index contributed by atoms with van der Waals surface area (Å²) in [4.78, 5) is 14.7. The lowest BCUT2D eigenvalue weighted by Crippen LogP contribution is -2.26. The van der Waals surface area contributed by atoms with E-state index in [9.17, 15) is 13.2 Å². The second-order valence-electron chi connectivity index (χ2n) is 7.14. The van der Waals surface area contributed by atoms with Gasteiger partial charge in [0.25, 0.3) is 5.91 Å². The highest BCUT2D eigenvalue weighted by Gasteiger charge is 2.17. The summed E-state index contributed by atoms with van der Waals surface area (Å²) in [5.41, 5.74) is 3.12. The van der Waals surface area contributed by atoms with E-state index in [0.717, 1.165) is 5.56 Å². The van der Waals surface area contributed by atoms with Crippen molar-refractivity contribution in [3.63, 3.8) is 0 Å². The van der Waals surface area contributed by atoms with Gasteiger partial charge in [0.15, 0.2) is 0 Å². The zero-order valence-electron chi connectivity index (χ0n) is 17.0. The van der Waals surface area contributed by atoms with Gasteiger partial charge >= 0.3 is 0 Å². The van der Waals surface area contributed by atoms with E-state index in [2.05, 4.69) is 10.0 Å². The molecular weight excluding hydrogens is 398 g/mol. The van der Waals surface area contributed by atoms with Crippen LogP contribution < -0.4 is 14.9 Å². The van der Waals surface area contributed by atoms with Gasteiger partial charge in [-0.2, -0.15) is 0 Å². The van der Waals surface area contributed by atoms with Crippen LogP contribution in [0.3, 0.4) is 0 Å². The first-order chi connectivity index (χ1) is 14.3. The number of hydrogen-bond donors (Lipinski definition) is 2. The maximum absolute atomic E-state index is 12.8. The minimum Gasteiger partial charge on any atom is -0.377 e. The lowest BCUT2D eigenvalue weighted by molar-refractivity contribution is 0.0951. The van der Waals surface area contributed by atoms with Crippen LogP contribution in [0.2, 0.25) is 0 Å². The number of carbonyl (C=O) groups excluding carboxylic acids is 1. The molecule has 156 valence electrons. The Balaban J connectivity index is 1.79. The third-order valence-electron chi connectivity index (χ3n) is 4.49. The number of amides is 1. The molecule has 3 rings (SSSR count). The molecule has 0 aliphatic rings. The maximum Gasteiger partial charge on any atom is 0.253 e. The highest BCUT2D eigenvalue weighted by Crippen LogP contribution is 2.24. The fourth-order valence-corrected chi connectivity index (χ4v) is 4.24. The largest absolute Gasteiger partial charge is 0.377 e. The molecule has 0 radical (unpaired) electrons. The maximum atomic E-state index is 12.8. The highest BCUT2D eigenvalue weighted by atomic mass is 32.2. The zero-order chi connectivity index (χ0) is 21.6. The summed E-state index contributed by atoms with van der Waals surface area (Å²) in [5, 5.41) is 2.90. The van der Waals surface area contributed by atoms with Crippen LogP contribution in [0.5, 0.6) is 0 Å². The van der Waals surface area contributed by atoms with E-state index in [1.54, 1.807) is 42.5 Å². The average Bonchev–Trinajstić information content (AvgIpc) is 2.72. The lowest BCUT2D eigenvalue weighted by Gasteiger charge is -2.19. The number of hydrogen-bond acceptors (Lipinski definition) is 4. The summed E-state index contributed by atoms with van der Waals surface area (Å²) in [5.74, 6) is -0.412. The van der Waals surface area contributed by atoms with E-state index in [-0.39, 0.29) is 11.7 Å². The van der Waals surface area contributed by atoms with Gasteiger partial charge in [0.05, 0.1) is 11.3 Å². The van der Waals surface area contributed by atoms with Crippen LogP contribution in [0.25, 0.3) is 0 Å². The van der Waals surface area contributed by atoms with E-state index in [1.165, 1.54) is 0 Å². The van der Waals surface area contributed by atoms with Crippen LogP contribution in [0.1, 0.15) is 21.5 Å². The predicted molar refractivity (Wildman–Crippen MR) is 121 cm³/mol. The molecule has 0 saturated carbocycles. The summed E-state index contributed by atoms with van der Waals surface area (Å²) in [6, 6.07) is 23.5. The SMILES string of the molecule is CN(C)c1ccc(NS(=O)(=O)Cc2ccccc2)cc1C(=O)NCc1ccccc1. The second-order valence-corrected chi connectivity index (χ2v) is 8.86. The Morgan fingerprint density at radius 3 is 2.07 bits per heavy atom. The topological polar surface area (TPSA) is 78.5 Å². The van der Waals surface area contributed by atoms with E-state index < -0.39 is 10.0 Å². The fraction of sp³-hybridized carbons (Fsp3) is 0.174. The van der Waals surface area contributed by atoms with Gasteiger partial charge in [-0.3, -0.25) is 9.52 Å². The van der Waals surface area contributed by atoms with Gasteiger partial charge in [-0.1, -0.05) is 60.7 Å². The molecule has 0 aromatic heterocycles. The van der Waals surface area contributed by atoms with Gasteiger partial charge in [-0.15, -0.1) is 0 Å². The molecule has 0 fully saturated rings. The van der Waals surface area contributed by atoms with Crippen molar-refractivity contribution < 1.29 is 13.2 Å².